The summed E-state index contributed by atoms with van der Waals surface area (Å²) >= 11 is 0. The third-order valence-electron chi connectivity index (χ3n) is 2.12. The van der Waals surface area contributed by atoms with Gasteiger partial charge in [-0.25, -0.2) is 0 Å². The Labute approximate surface area is 84.5 Å². The lowest BCUT2D eigenvalue weighted by atomic mass is 10.1. The number of nitro benzene ring substituents is 1. The summed E-state index contributed by atoms with van der Waals surface area (Å²) < 4.78 is 0. The third-order valence-corrected chi connectivity index (χ3v) is 2.12. The second-order valence-corrected chi connectivity index (χ2v) is 2.94. The number of pyridine rings is 1. The molecule has 2 rings (SSSR count). The van der Waals surface area contributed by atoms with Gasteiger partial charge in [0.15, 0.2) is 6.29 Å². The van der Waals surface area contributed by atoms with Gasteiger partial charge in [-0.2, -0.15) is 0 Å². The number of carbonyl (C=O) groups excluding carboxylic acids is 1. The maximum Gasteiger partial charge on any atom is 0.277 e. The van der Waals surface area contributed by atoms with E-state index in [2.05, 4.69) is 4.98 Å². The first-order valence-electron chi connectivity index (χ1n) is 4.21. The Bertz CT molecular complexity index is 551. The van der Waals surface area contributed by atoms with Crippen LogP contribution in [0.15, 0.2) is 30.5 Å². The van der Waals surface area contributed by atoms with Crippen molar-refractivity contribution in [2.75, 3.05) is 0 Å². The van der Waals surface area contributed by atoms with E-state index < -0.39 is 4.92 Å². The molecule has 5 nitrogen and oxygen atoms in total. The molecular formula is C10H6N2O3. The van der Waals surface area contributed by atoms with Crippen LogP contribution in [0.4, 0.5) is 5.69 Å². The molecule has 1 aromatic heterocycles. The summed E-state index contributed by atoms with van der Waals surface area (Å²) in [6.07, 6.45) is 1.98. The number of nitro groups is 1. The van der Waals surface area contributed by atoms with Gasteiger partial charge in [0, 0.05) is 17.6 Å². The van der Waals surface area contributed by atoms with Crippen molar-refractivity contribution in [1.29, 1.82) is 0 Å². The van der Waals surface area contributed by atoms with Gasteiger partial charge in [0.1, 0.15) is 5.69 Å². The highest BCUT2D eigenvalue weighted by Crippen LogP contribution is 2.25. The quantitative estimate of drug-likeness (QED) is 0.424. The molecule has 0 aliphatic rings. The Morgan fingerprint density at radius 2 is 2.07 bits per heavy atom. The summed E-state index contributed by atoms with van der Waals surface area (Å²) in [5.41, 5.74) is 0.203. The van der Waals surface area contributed by atoms with Gasteiger partial charge < -0.3 is 0 Å². The largest absolute Gasteiger partial charge is 0.296 e. The Morgan fingerprint density at radius 3 is 2.73 bits per heavy atom. The molecule has 0 aliphatic heterocycles. The molecule has 1 aromatic carbocycles. The molecule has 0 atom stereocenters. The number of rotatable bonds is 2. The van der Waals surface area contributed by atoms with Crippen LogP contribution in [0.25, 0.3) is 10.8 Å². The molecule has 0 radical (unpaired) electrons. The average molecular weight is 202 g/mol. The number of nitrogens with zero attached hydrogens (tertiary/aromatic N) is 2. The fourth-order valence-electron chi connectivity index (χ4n) is 1.47. The summed E-state index contributed by atoms with van der Waals surface area (Å²) in [6, 6.07) is 6.10. The van der Waals surface area contributed by atoms with Gasteiger partial charge >= 0.3 is 0 Å². The minimum absolute atomic E-state index is 0.0157. The molecule has 1 heterocycles. The van der Waals surface area contributed by atoms with Crippen LogP contribution in [0.3, 0.4) is 0 Å². The van der Waals surface area contributed by atoms with E-state index in [-0.39, 0.29) is 11.4 Å². The van der Waals surface area contributed by atoms with Crippen LogP contribution in [0.5, 0.6) is 0 Å². The minimum atomic E-state index is -0.475. The maximum absolute atomic E-state index is 10.7. The number of hydrogen-bond donors (Lipinski definition) is 0. The van der Waals surface area contributed by atoms with E-state index >= 15 is 0 Å². The molecule has 74 valence electrons. The molecule has 0 N–H and O–H groups in total. The van der Waals surface area contributed by atoms with Crippen molar-refractivity contribution in [1.82, 2.24) is 4.98 Å². The van der Waals surface area contributed by atoms with Crippen LogP contribution in [0.1, 0.15) is 10.5 Å². The van der Waals surface area contributed by atoms with Crippen molar-refractivity contribution in [2.45, 2.75) is 0 Å². The SMILES string of the molecule is O=Cc1nccc2c([N+](=O)[O-])cccc12. The highest BCUT2D eigenvalue weighted by Gasteiger charge is 2.12. The first-order valence-corrected chi connectivity index (χ1v) is 4.21. The average Bonchev–Trinajstić information content (AvgIpc) is 2.27. The summed E-state index contributed by atoms with van der Waals surface area (Å²) in [5, 5.41) is 11.6. The predicted molar refractivity (Wildman–Crippen MR) is 53.8 cm³/mol. The van der Waals surface area contributed by atoms with Crippen molar-refractivity contribution < 1.29 is 9.72 Å². The van der Waals surface area contributed by atoms with Gasteiger partial charge in [0.25, 0.3) is 5.69 Å². The number of non-ortho nitro benzene ring substituents is 1. The van der Waals surface area contributed by atoms with Crippen LogP contribution in [-0.2, 0) is 0 Å². The first kappa shape index (κ1) is 9.26. The zero-order valence-corrected chi connectivity index (χ0v) is 7.58. The van der Waals surface area contributed by atoms with E-state index in [4.69, 9.17) is 0 Å². The highest BCUT2D eigenvalue weighted by molar-refractivity contribution is 6.00. The number of aromatic nitrogens is 1. The lowest BCUT2D eigenvalue weighted by Gasteiger charge is -2.00. The van der Waals surface area contributed by atoms with Crippen LogP contribution < -0.4 is 0 Å². The molecule has 0 unspecified atom stereocenters. The molecule has 15 heavy (non-hydrogen) atoms. The summed E-state index contributed by atoms with van der Waals surface area (Å²) in [4.78, 5) is 24.7. The second kappa shape index (κ2) is 3.45. The van der Waals surface area contributed by atoms with Crippen LogP contribution in [0.2, 0.25) is 0 Å². The minimum Gasteiger partial charge on any atom is -0.296 e. The smallest absolute Gasteiger partial charge is 0.277 e. The molecule has 2 aromatic rings. The lowest BCUT2D eigenvalue weighted by Crippen LogP contribution is -1.93. The van der Waals surface area contributed by atoms with Gasteiger partial charge in [-0.3, -0.25) is 19.9 Å². The molecule has 0 amide bonds. The summed E-state index contributed by atoms with van der Waals surface area (Å²) in [7, 11) is 0. The van der Waals surface area contributed by atoms with E-state index in [1.54, 1.807) is 6.07 Å². The number of benzene rings is 1. The predicted octanol–water partition coefficient (Wildman–Crippen LogP) is 1.96. The van der Waals surface area contributed by atoms with Crippen LogP contribution >= 0.6 is 0 Å². The van der Waals surface area contributed by atoms with Crippen LogP contribution in [-0.4, -0.2) is 16.2 Å². The Hall–Kier alpha value is -2.30. The van der Waals surface area contributed by atoms with E-state index in [9.17, 15) is 14.9 Å². The monoisotopic (exact) mass is 202 g/mol. The fourth-order valence-corrected chi connectivity index (χ4v) is 1.47. The zero-order valence-electron chi connectivity index (χ0n) is 7.58. The van der Waals surface area contributed by atoms with Crippen molar-refractivity contribution in [3.8, 4) is 0 Å². The molecule has 0 aliphatic carbocycles. The summed E-state index contributed by atoms with van der Waals surface area (Å²) in [5.74, 6) is 0. The molecule has 0 spiro atoms. The third kappa shape index (κ3) is 1.43. The number of fused-ring (bicyclic) bond motifs is 1. The number of aldehydes is 1. The van der Waals surface area contributed by atoms with Gasteiger partial charge in [0.05, 0.1) is 10.3 Å². The van der Waals surface area contributed by atoms with Gasteiger partial charge in [-0.15, -0.1) is 0 Å². The van der Waals surface area contributed by atoms with Crippen molar-refractivity contribution in [2.24, 2.45) is 0 Å². The van der Waals surface area contributed by atoms with Crippen molar-refractivity contribution in [3.05, 3.63) is 46.3 Å². The lowest BCUT2D eigenvalue weighted by molar-refractivity contribution is -0.383. The molecule has 5 heteroatoms. The number of carbonyl (C=O) groups is 1. The van der Waals surface area contributed by atoms with E-state index in [0.29, 0.717) is 17.1 Å². The topological polar surface area (TPSA) is 73.1 Å². The zero-order chi connectivity index (χ0) is 10.8. The maximum atomic E-state index is 10.7. The van der Waals surface area contributed by atoms with E-state index in [0.717, 1.165) is 0 Å². The highest BCUT2D eigenvalue weighted by atomic mass is 16.6. The van der Waals surface area contributed by atoms with E-state index in [1.165, 1.54) is 24.4 Å². The molecule has 0 fully saturated rings. The fraction of sp³-hybridized carbons (Fsp3) is 0. The van der Waals surface area contributed by atoms with Gasteiger partial charge in [-0.1, -0.05) is 12.1 Å². The van der Waals surface area contributed by atoms with Gasteiger partial charge in [0.2, 0.25) is 0 Å². The second-order valence-electron chi connectivity index (χ2n) is 2.94. The molecule has 0 bridgehead atoms. The van der Waals surface area contributed by atoms with Crippen LogP contribution in [0, 0.1) is 10.1 Å². The molecule has 0 saturated heterocycles. The standard InChI is InChI=1S/C10H6N2O3/c13-6-9-7-2-1-3-10(12(14)15)8(7)4-5-11-9/h1-6H. The molecular weight excluding hydrogens is 196 g/mol. The van der Waals surface area contributed by atoms with Crippen molar-refractivity contribution in [3.63, 3.8) is 0 Å². The molecule has 0 saturated carbocycles. The summed E-state index contributed by atoms with van der Waals surface area (Å²) in [6.45, 7) is 0. The van der Waals surface area contributed by atoms with Gasteiger partial charge in [-0.05, 0) is 6.07 Å². The Balaban J connectivity index is 2.88. The van der Waals surface area contributed by atoms with E-state index in [1.807, 2.05) is 0 Å². The normalized spacial score (nSPS) is 10.1. The van der Waals surface area contributed by atoms with Crippen molar-refractivity contribution >= 4 is 22.7 Å². The number of hydrogen-bond acceptors (Lipinski definition) is 4. The Kier molecular flexibility index (Phi) is 2.13. The Morgan fingerprint density at radius 1 is 1.27 bits per heavy atom. The first-order chi connectivity index (χ1) is 7.24.